The van der Waals surface area contributed by atoms with E-state index in [4.69, 9.17) is 21.4 Å². The highest BCUT2D eigenvalue weighted by Crippen LogP contribution is 2.46. The molecule has 3 aliphatic heterocycles. The molecular formula is C35H34ClF3N8O5. The van der Waals surface area contributed by atoms with Gasteiger partial charge in [-0.2, -0.15) is 22.8 Å². The first-order valence-electron chi connectivity index (χ1n) is 17.0. The predicted molar refractivity (Wildman–Crippen MR) is 184 cm³/mol. The van der Waals surface area contributed by atoms with E-state index < -0.39 is 29.6 Å². The second-order valence-electron chi connectivity index (χ2n) is 13.7. The van der Waals surface area contributed by atoms with Crippen molar-refractivity contribution in [2.24, 2.45) is 0 Å². The summed E-state index contributed by atoms with van der Waals surface area (Å²) >= 11 is 6.22. The molecule has 0 radical (unpaired) electrons. The number of halogens is 4. The number of fused-ring (bicyclic) bond motifs is 4. The summed E-state index contributed by atoms with van der Waals surface area (Å²) in [5.74, 6) is -1.47. The van der Waals surface area contributed by atoms with Crippen LogP contribution >= 0.6 is 11.6 Å². The van der Waals surface area contributed by atoms with Crippen molar-refractivity contribution in [3.05, 3.63) is 80.4 Å². The molecule has 0 bridgehead atoms. The van der Waals surface area contributed by atoms with Crippen LogP contribution in [0.2, 0.25) is 5.02 Å². The maximum absolute atomic E-state index is 14.6. The maximum Gasteiger partial charge on any atom is 0.416 e. The van der Waals surface area contributed by atoms with Crippen LogP contribution in [-0.2, 0) is 15.7 Å². The number of hydrogen-bond donors (Lipinski definition) is 2. The second kappa shape index (κ2) is 12.6. The molecule has 2 amide bonds. The molecule has 4 aromatic rings. The van der Waals surface area contributed by atoms with Crippen LogP contribution in [0.15, 0.2) is 41.5 Å². The first kappa shape index (κ1) is 34.1. The van der Waals surface area contributed by atoms with Gasteiger partial charge in [-0.1, -0.05) is 24.6 Å². The highest BCUT2D eigenvalue weighted by Gasteiger charge is 2.49. The van der Waals surface area contributed by atoms with E-state index in [0.29, 0.717) is 73.9 Å². The highest BCUT2D eigenvalue weighted by molar-refractivity contribution is 6.33. The quantitative estimate of drug-likeness (QED) is 0.290. The summed E-state index contributed by atoms with van der Waals surface area (Å²) in [4.78, 5) is 54.1. The molecule has 1 aromatic carbocycles. The van der Waals surface area contributed by atoms with Crippen LogP contribution in [0, 0.1) is 6.92 Å². The minimum absolute atomic E-state index is 0.0302. The lowest BCUT2D eigenvalue weighted by Crippen LogP contribution is -2.67. The van der Waals surface area contributed by atoms with Crippen molar-refractivity contribution in [3.63, 3.8) is 0 Å². The highest BCUT2D eigenvalue weighted by atomic mass is 35.5. The molecule has 1 saturated heterocycles. The lowest BCUT2D eigenvalue weighted by Gasteiger charge is -2.54. The lowest BCUT2D eigenvalue weighted by atomic mass is 9.81. The number of carbonyl (C=O) groups excluding carboxylic acids is 2. The van der Waals surface area contributed by atoms with Crippen molar-refractivity contribution in [3.8, 4) is 5.75 Å². The lowest BCUT2D eigenvalue weighted by molar-refractivity contribution is -0.137. The molecule has 272 valence electrons. The number of benzene rings is 1. The number of aromatic hydroxyl groups is 1. The van der Waals surface area contributed by atoms with Gasteiger partial charge in [0.15, 0.2) is 11.4 Å². The van der Waals surface area contributed by atoms with Crippen LogP contribution in [-0.4, -0.2) is 84.4 Å². The first-order chi connectivity index (χ1) is 24.8. The van der Waals surface area contributed by atoms with Gasteiger partial charge in [-0.05, 0) is 56.4 Å². The van der Waals surface area contributed by atoms with E-state index in [9.17, 15) is 32.7 Å². The van der Waals surface area contributed by atoms with Gasteiger partial charge in [0, 0.05) is 31.1 Å². The van der Waals surface area contributed by atoms with Crippen molar-refractivity contribution < 1.29 is 32.6 Å². The molecule has 1 aliphatic carbocycles. The monoisotopic (exact) mass is 738 g/mol. The number of alkyl halides is 3. The summed E-state index contributed by atoms with van der Waals surface area (Å²) in [7, 11) is 0. The fraction of sp³-hybridized carbons (Fsp3) is 0.429. The first-order valence-corrected chi connectivity index (χ1v) is 17.4. The van der Waals surface area contributed by atoms with Crippen LogP contribution in [0.1, 0.15) is 77.7 Å². The normalized spacial score (nSPS) is 22.8. The van der Waals surface area contributed by atoms with E-state index in [1.807, 2.05) is 22.5 Å². The molecule has 52 heavy (non-hydrogen) atoms. The molecule has 4 atom stereocenters. The van der Waals surface area contributed by atoms with Gasteiger partial charge in [-0.15, -0.1) is 0 Å². The SMILES string of the molecule is Cc1ncnc(C(=O)N2CCN(c3c4n(c5cc(C6=CCOCC6)nn5c3=O)C(C(=O)Nc3ccc(C(F)(F)F)cc3Cl)CC4C)C3CCC32)c1O. The number of ether oxygens (including phenoxy) is 1. The van der Waals surface area contributed by atoms with E-state index in [2.05, 4.69) is 15.3 Å². The summed E-state index contributed by atoms with van der Waals surface area (Å²) in [6.07, 6.45) is 0.812. The third-order valence-corrected chi connectivity index (χ3v) is 11.0. The van der Waals surface area contributed by atoms with Gasteiger partial charge in [0.05, 0.1) is 52.6 Å². The largest absolute Gasteiger partial charge is 0.504 e. The number of rotatable bonds is 5. The molecule has 4 aliphatic rings. The Morgan fingerprint density at radius 2 is 1.90 bits per heavy atom. The Labute approximate surface area is 299 Å². The van der Waals surface area contributed by atoms with Crippen LogP contribution in [0.5, 0.6) is 5.75 Å². The van der Waals surface area contributed by atoms with E-state index in [0.717, 1.165) is 23.8 Å². The molecule has 8 rings (SSSR count). The average molecular weight is 739 g/mol. The number of aromatic nitrogens is 5. The number of nitrogens with zero attached hydrogens (tertiary/aromatic N) is 7. The Kier molecular flexibility index (Phi) is 8.28. The smallest absolute Gasteiger partial charge is 0.416 e. The van der Waals surface area contributed by atoms with Gasteiger partial charge in [-0.25, -0.2) is 9.97 Å². The number of hydrogen-bond acceptors (Lipinski definition) is 9. The van der Waals surface area contributed by atoms with Crippen LogP contribution < -0.4 is 15.8 Å². The molecule has 0 spiro atoms. The van der Waals surface area contributed by atoms with E-state index in [1.54, 1.807) is 17.9 Å². The number of nitrogens with one attached hydrogen (secondary N) is 1. The Hall–Kier alpha value is -4.96. The maximum atomic E-state index is 14.6. The minimum Gasteiger partial charge on any atom is -0.504 e. The summed E-state index contributed by atoms with van der Waals surface area (Å²) in [6, 6.07) is 3.20. The fourth-order valence-corrected chi connectivity index (χ4v) is 8.17. The summed E-state index contributed by atoms with van der Waals surface area (Å²) in [6.45, 7) is 4.97. The zero-order chi connectivity index (χ0) is 36.6. The van der Waals surface area contributed by atoms with Crippen LogP contribution in [0.25, 0.3) is 11.2 Å². The predicted octanol–water partition coefficient (Wildman–Crippen LogP) is 4.96. The van der Waals surface area contributed by atoms with Crippen molar-refractivity contribution in [2.45, 2.75) is 69.8 Å². The number of amides is 2. The summed E-state index contributed by atoms with van der Waals surface area (Å²) in [5.41, 5.74) is 1.88. The Morgan fingerprint density at radius 3 is 2.60 bits per heavy atom. The van der Waals surface area contributed by atoms with E-state index >= 15 is 0 Å². The van der Waals surface area contributed by atoms with Gasteiger partial charge in [0.2, 0.25) is 5.91 Å². The zero-order valence-electron chi connectivity index (χ0n) is 28.2. The second-order valence-corrected chi connectivity index (χ2v) is 14.1. The molecule has 4 unspecified atom stereocenters. The molecule has 2 N–H and O–H groups in total. The van der Waals surface area contributed by atoms with Gasteiger partial charge in [0.25, 0.3) is 11.5 Å². The van der Waals surface area contributed by atoms with Crippen molar-refractivity contribution >= 4 is 46.0 Å². The number of piperazine rings is 1. The van der Waals surface area contributed by atoms with Crippen molar-refractivity contribution in [2.75, 3.05) is 36.5 Å². The summed E-state index contributed by atoms with van der Waals surface area (Å²) in [5, 5.41) is 17.8. The molecule has 3 aromatic heterocycles. The number of carbonyl (C=O) groups is 2. The minimum atomic E-state index is -4.60. The van der Waals surface area contributed by atoms with E-state index in [1.165, 1.54) is 10.8 Å². The molecule has 2 fully saturated rings. The van der Waals surface area contributed by atoms with Gasteiger partial charge >= 0.3 is 6.18 Å². The van der Waals surface area contributed by atoms with Crippen LogP contribution in [0.3, 0.4) is 0 Å². The Morgan fingerprint density at radius 1 is 1.12 bits per heavy atom. The molecule has 6 heterocycles. The molecular weight excluding hydrogens is 705 g/mol. The van der Waals surface area contributed by atoms with Gasteiger partial charge in [0.1, 0.15) is 23.7 Å². The molecule has 1 saturated carbocycles. The number of aryl methyl sites for hydroxylation is 1. The van der Waals surface area contributed by atoms with Gasteiger partial charge < -0.3 is 29.5 Å². The average Bonchev–Trinajstić information content (AvgIpc) is 3.69. The molecule has 13 nitrogen and oxygen atoms in total. The topological polar surface area (TPSA) is 147 Å². The van der Waals surface area contributed by atoms with E-state index in [-0.39, 0.29) is 52.3 Å². The van der Waals surface area contributed by atoms with Crippen molar-refractivity contribution in [1.82, 2.24) is 29.0 Å². The summed E-state index contributed by atoms with van der Waals surface area (Å²) < 4.78 is 48.6. The van der Waals surface area contributed by atoms with Crippen LogP contribution in [0.4, 0.5) is 24.5 Å². The Balaban J connectivity index is 1.20. The third kappa shape index (κ3) is 5.50. The van der Waals surface area contributed by atoms with Crippen molar-refractivity contribution in [1.29, 1.82) is 0 Å². The Bertz CT molecular complexity index is 2240. The standard InChI is InChI=1S/C35H34ClF3N8O5/c1-17-13-26(32(49)42-22-4-3-20(14-21(22)36)35(37,38)39)46-27-15-23(19-7-11-52-12-8-19)43-47(27)34(51)30(29(17)46)44-9-10-45(25-6-5-24(25)44)33(50)28-31(48)18(2)40-16-41-28/h3-4,7,14-17,24-26,48H,5-6,8-13H2,1-2H3,(H,42,49). The third-order valence-electron chi connectivity index (χ3n) is 10.7. The number of anilines is 2. The fourth-order valence-electron chi connectivity index (χ4n) is 7.94. The zero-order valence-corrected chi connectivity index (χ0v) is 28.9. The van der Waals surface area contributed by atoms with Gasteiger partial charge in [-0.3, -0.25) is 14.4 Å². The molecule has 17 heteroatoms.